The van der Waals surface area contributed by atoms with Crippen LogP contribution < -0.4 is 21.7 Å². The Kier molecular flexibility index (Phi) is 19.3. The second-order valence-electron chi connectivity index (χ2n) is 19.7. The maximum Gasteiger partial charge on any atom is 0.253 e. The summed E-state index contributed by atoms with van der Waals surface area (Å²) in [4.78, 5) is 53.1. The van der Waals surface area contributed by atoms with Crippen LogP contribution in [-0.2, 0) is 21.5 Å². The zero-order chi connectivity index (χ0) is 48.8. The molecule has 13 heteroatoms. The summed E-state index contributed by atoms with van der Waals surface area (Å²) in [6.45, 7) is 26.2. The lowest BCUT2D eigenvalue weighted by Crippen LogP contribution is -2.48. The van der Waals surface area contributed by atoms with E-state index in [2.05, 4.69) is 77.5 Å². The molecule has 0 aromatic heterocycles. The predicted octanol–water partition coefficient (Wildman–Crippen LogP) is 7.21. The highest BCUT2D eigenvalue weighted by atomic mass is 19.1. The first kappa shape index (κ1) is 52.6. The number of allylic oxidation sites excluding steroid dienone is 6. The van der Waals surface area contributed by atoms with Gasteiger partial charge in [0.05, 0.1) is 0 Å². The fourth-order valence-electron chi connectivity index (χ4n) is 10.0. The van der Waals surface area contributed by atoms with Crippen molar-refractivity contribution >= 4 is 30.1 Å². The standard InChI is InChI=1S/C54H78FN9O3/c1-10-49(52(57)66)64(37-65)50-12-11-42(31-47(50)54(5,6)7)36-62-27-25-61(26-28-62)35-41-15-23-63(24-16-41)53(67)45-30-40(4)51(48(55)33-45)43-17-21-60(22-18-43)34-38(2)29-39(3)44(14-20-58-8)32-46(59-9)13-19-56/h11-14,19-20,29-33,37,41,43,49,59H,3,10,15-18,21-28,34-36,56H2,1-2,4-9H3,(H2,57,66)/b19-13-,38-29+,44-14-,46-32+,58-20?. The third kappa shape index (κ3) is 14.3. The Bertz CT molecular complexity index is 2170. The van der Waals surface area contributed by atoms with E-state index in [1.165, 1.54) is 28.3 Å². The van der Waals surface area contributed by atoms with Gasteiger partial charge in [0.15, 0.2) is 0 Å². The average molecular weight is 920 g/mol. The lowest BCUT2D eigenvalue weighted by molar-refractivity contribution is -0.121. The monoisotopic (exact) mass is 920 g/mol. The fraction of sp³-hybridized carbons (Fsp3) is 0.519. The van der Waals surface area contributed by atoms with Gasteiger partial charge in [0, 0.05) is 96.2 Å². The first-order chi connectivity index (χ1) is 32.0. The number of anilines is 1. The van der Waals surface area contributed by atoms with Crippen molar-refractivity contribution in [2.45, 2.75) is 97.6 Å². The third-order valence-corrected chi connectivity index (χ3v) is 13.7. The molecule has 1 unspecified atom stereocenters. The Morgan fingerprint density at radius 2 is 1.66 bits per heavy atom. The van der Waals surface area contributed by atoms with Crippen molar-refractivity contribution in [3.05, 3.63) is 123 Å². The van der Waals surface area contributed by atoms with E-state index in [0.717, 1.165) is 130 Å². The number of carbonyl (C=O) groups excluding carboxylic acids is 3. The molecule has 1 atom stereocenters. The molecule has 0 aliphatic carbocycles. The number of primary amides is 1. The summed E-state index contributed by atoms with van der Waals surface area (Å²) in [5, 5.41) is 3.14. The van der Waals surface area contributed by atoms with Crippen LogP contribution in [-0.4, -0.2) is 130 Å². The molecule has 12 nitrogen and oxygen atoms in total. The first-order valence-corrected chi connectivity index (χ1v) is 24.2. The highest BCUT2D eigenvalue weighted by Crippen LogP contribution is 2.36. The largest absolute Gasteiger partial charge is 0.405 e. The zero-order valence-corrected chi connectivity index (χ0v) is 41.6. The van der Waals surface area contributed by atoms with E-state index < -0.39 is 11.9 Å². The fourth-order valence-corrected chi connectivity index (χ4v) is 10.0. The molecule has 0 radical (unpaired) electrons. The van der Waals surface area contributed by atoms with Gasteiger partial charge in [-0.1, -0.05) is 58.1 Å². The van der Waals surface area contributed by atoms with Crippen LogP contribution in [0.25, 0.3) is 0 Å². The number of nitrogens with zero attached hydrogens (tertiary/aromatic N) is 6. The molecule has 3 aliphatic rings. The van der Waals surface area contributed by atoms with Crippen molar-refractivity contribution in [1.29, 1.82) is 0 Å². The molecular weight excluding hydrogens is 842 g/mol. The molecule has 3 amide bonds. The highest BCUT2D eigenvalue weighted by molar-refractivity contribution is 5.95. The van der Waals surface area contributed by atoms with Crippen molar-refractivity contribution in [3.8, 4) is 0 Å². The number of aryl methyl sites for hydroxylation is 1. The molecule has 3 saturated heterocycles. The van der Waals surface area contributed by atoms with Crippen molar-refractivity contribution in [3.63, 3.8) is 0 Å². The van der Waals surface area contributed by atoms with Crippen LogP contribution in [0.2, 0.25) is 0 Å². The molecule has 0 bridgehead atoms. The molecular formula is C54H78FN9O3. The molecule has 0 saturated carbocycles. The average Bonchev–Trinajstić information content (AvgIpc) is 3.29. The van der Waals surface area contributed by atoms with Gasteiger partial charge in [-0.15, -0.1) is 0 Å². The van der Waals surface area contributed by atoms with Gasteiger partial charge in [-0.3, -0.25) is 29.2 Å². The van der Waals surface area contributed by atoms with Crippen LogP contribution >= 0.6 is 0 Å². The quantitative estimate of drug-likeness (QED) is 0.0763. The lowest BCUT2D eigenvalue weighted by atomic mass is 9.84. The summed E-state index contributed by atoms with van der Waals surface area (Å²) in [5.41, 5.74) is 19.9. The number of likely N-dealkylation sites (N-methyl/N-ethyl adjacent to an activating group) is 1. The van der Waals surface area contributed by atoms with Crippen LogP contribution in [0.15, 0.2) is 94.8 Å². The number of piperidine rings is 2. The topological polar surface area (TPSA) is 144 Å². The van der Waals surface area contributed by atoms with E-state index in [-0.39, 0.29) is 23.1 Å². The summed E-state index contributed by atoms with van der Waals surface area (Å²) in [6, 6.07) is 8.90. The van der Waals surface area contributed by atoms with Gasteiger partial charge < -0.3 is 31.5 Å². The maximum absolute atomic E-state index is 16.0. The van der Waals surface area contributed by atoms with E-state index in [0.29, 0.717) is 31.0 Å². The van der Waals surface area contributed by atoms with Crippen molar-refractivity contribution in [2.24, 2.45) is 22.4 Å². The van der Waals surface area contributed by atoms with E-state index in [1.54, 1.807) is 19.3 Å². The molecule has 2 aromatic rings. The maximum atomic E-state index is 16.0. The smallest absolute Gasteiger partial charge is 0.253 e. The van der Waals surface area contributed by atoms with Gasteiger partial charge in [0.2, 0.25) is 12.3 Å². The minimum atomic E-state index is -0.694. The number of halogens is 1. The van der Waals surface area contributed by atoms with Gasteiger partial charge in [0.1, 0.15) is 11.9 Å². The van der Waals surface area contributed by atoms with Crippen LogP contribution in [0, 0.1) is 18.7 Å². The number of nitrogens with one attached hydrogen (secondary N) is 1. The normalized spacial score (nSPS) is 18.8. The van der Waals surface area contributed by atoms with Gasteiger partial charge >= 0.3 is 0 Å². The SMILES string of the molecule is C=C(/C=C(\C)CN1CCC(c2c(C)cc(C(=O)N3CCC(CN4CCN(Cc5ccc(N(C=O)C(CC)C(N)=O)c(C(C)(C)C)c5)CC4)CC3)cc2F)CC1)C(=C\C=NC)/C=C(\C=C/N)NC. The molecule has 0 spiro atoms. The van der Waals surface area contributed by atoms with Crippen LogP contribution in [0.4, 0.5) is 10.1 Å². The number of hydrogen-bond acceptors (Lipinski definition) is 9. The summed E-state index contributed by atoms with van der Waals surface area (Å²) >= 11 is 0. The minimum Gasteiger partial charge on any atom is -0.405 e. The van der Waals surface area contributed by atoms with E-state index >= 15 is 4.39 Å². The number of likely N-dealkylation sites (tertiary alicyclic amines) is 2. The Labute approximate surface area is 400 Å². The highest BCUT2D eigenvalue weighted by Gasteiger charge is 2.31. The predicted molar refractivity (Wildman–Crippen MR) is 273 cm³/mol. The number of amides is 3. The molecule has 3 fully saturated rings. The molecule has 364 valence electrons. The van der Waals surface area contributed by atoms with Gasteiger partial charge in [-0.05, 0) is 152 Å². The first-order valence-electron chi connectivity index (χ1n) is 24.2. The number of carbonyl (C=O) groups is 3. The summed E-state index contributed by atoms with van der Waals surface area (Å²) < 4.78 is 16.0. The summed E-state index contributed by atoms with van der Waals surface area (Å²) in [5.74, 6) is -0.231. The number of nitrogens with two attached hydrogens (primary N) is 2. The van der Waals surface area contributed by atoms with Gasteiger partial charge in [-0.25, -0.2) is 4.39 Å². The number of piperazine rings is 1. The Morgan fingerprint density at radius 3 is 2.22 bits per heavy atom. The van der Waals surface area contributed by atoms with Gasteiger partial charge in [0.25, 0.3) is 5.91 Å². The van der Waals surface area contributed by atoms with Crippen LogP contribution in [0.5, 0.6) is 0 Å². The lowest BCUT2D eigenvalue weighted by Gasteiger charge is -2.39. The summed E-state index contributed by atoms with van der Waals surface area (Å²) in [7, 11) is 3.58. The van der Waals surface area contributed by atoms with Crippen molar-refractivity contribution < 1.29 is 18.8 Å². The third-order valence-electron chi connectivity index (χ3n) is 13.7. The molecule has 5 N–H and O–H groups in total. The van der Waals surface area contributed by atoms with E-state index in [9.17, 15) is 14.4 Å². The van der Waals surface area contributed by atoms with Crippen molar-refractivity contribution in [1.82, 2.24) is 24.9 Å². The zero-order valence-electron chi connectivity index (χ0n) is 41.6. The minimum absolute atomic E-state index is 0.0765. The molecule has 3 heterocycles. The number of benzene rings is 2. The molecule has 3 aliphatic heterocycles. The molecule has 67 heavy (non-hydrogen) atoms. The molecule has 5 rings (SSSR count). The summed E-state index contributed by atoms with van der Waals surface area (Å²) in [6.07, 6.45) is 15.8. The van der Waals surface area contributed by atoms with E-state index in [4.69, 9.17) is 11.5 Å². The Balaban J connectivity index is 1.08. The Hall–Kier alpha value is -5.37. The van der Waals surface area contributed by atoms with E-state index in [1.807, 2.05) is 50.1 Å². The number of hydrogen-bond donors (Lipinski definition) is 3. The van der Waals surface area contributed by atoms with Gasteiger partial charge in [-0.2, -0.15) is 0 Å². The van der Waals surface area contributed by atoms with Crippen molar-refractivity contribution in [2.75, 3.05) is 84.4 Å². The number of aliphatic imine (C=N–C) groups is 1. The second-order valence-corrected chi connectivity index (χ2v) is 19.7. The molecule has 2 aromatic carbocycles. The van der Waals surface area contributed by atoms with Crippen LogP contribution in [0.3, 0.4) is 0 Å². The second kappa shape index (κ2) is 24.6. The Morgan fingerprint density at radius 1 is 0.985 bits per heavy atom. The van der Waals surface area contributed by atoms with Crippen LogP contribution in [0.1, 0.15) is 105 Å². The number of rotatable bonds is 19.